The van der Waals surface area contributed by atoms with E-state index in [1.807, 2.05) is 57.3 Å². The quantitative estimate of drug-likeness (QED) is 0.436. The van der Waals surface area contributed by atoms with Gasteiger partial charge in [-0.05, 0) is 63.4 Å². The Labute approximate surface area is 217 Å². The lowest BCUT2D eigenvalue weighted by Gasteiger charge is -2.37. The Morgan fingerprint density at radius 3 is 2.46 bits per heavy atom. The van der Waals surface area contributed by atoms with Gasteiger partial charge in [0, 0.05) is 25.2 Å². The van der Waals surface area contributed by atoms with Gasteiger partial charge in [0.1, 0.15) is 17.5 Å². The van der Waals surface area contributed by atoms with E-state index in [2.05, 4.69) is 10.3 Å². The molecule has 2 atom stereocenters. The van der Waals surface area contributed by atoms with Crippen molar-refractivity contribution in [3.05, 3.63) is 77.6 Å². The molecule has 37 heavy (non-hydrogen) atoms. The average Bonchev–Trinajstić information content (AvgIpc) is 3.36. The highest BCUT2D eigenvalue weighted by Gasteiger charge is 2.38. The molecule has 9 nitrogen and oxygen atoms in total. The molecule has 1 fully saturated rings. The highest BCUT2D eigenvalue weighted by Crippen LogP contribution is 2.31. The molecular weight excluding hydrogens is 472 g/mol. The summed E-state index contributed by atoms with van der Waals surface area (Å²) < 4.78 is 18.5. The molecule has 0 saturated carbocycles. The molecule has 0 bridgehead atoms. The van der Waals surface area contributed by atoms with Gasteiger partial charge in [-0.3, -0.25) is 4.68 Å². The summed E-state index contributed by atoms with van der Waals surface area (Å²) in [5.41, 5.74) is 1.75. The number of likely N-dealkylation sites (tertiary alicyclic amines) is 1. The van der Waals surface area contributed by atoms with Crippen molar-refractivity contribution in [2.75, 3.05) is 20.2 Å². The highest BCUT2D eigenvalue weighted by atomic mass is 16.6. The van der Waals surface area contributed by atoms with E-state index in [9.17, 15) is 9.59 Å². The number of carbonyl (C=O) groups is 2. The first-order valence-corrected chi connectivity index (χ1v) is 12.5. The van der Waals surface area contributed by atoms with Crippen LogP contribution in [0.4, 0.5) is 4.79 Å². The number of methoxy groups -OCH3 is 1. The zero-order valence-electron chi connectivity index (χ0n) is 21.8. The molecule has 0 unspecified atom stereocenters. The predicted molar refractivity (Wildman–Crippen MR) is 138 cm³/mol. The van der Waals surface area contributed by atoms with Gasteiger partial charge in [-0.25, -0.2) is 9.59 Å². The van der Waals surface area contributed by atoms with E-state index in [1.54, 1.807) is 41.0 Å². The van der Waals surface area contributed by atoms with Gasteiger partial charge in [0.2, 0.25) is 0 Å². The van der Waals surface area contributed by atoms with E-state index < -0.39 is 23.8 Å². The van der Waals surface area contributed by atoms with Crippen molar-refractivity contribution in [1.29, 1.82) is 0 Å². The Bertz CT molecular complexity index is 1190. The molecule has 1 amide bonds. The molecule has 2 heterocycles. The van der Waals surface area contributed by atoms with E-state index in [-0.39, 0.29) is 12.5 Å². The van der Waals surface area contributed by atoms with E-state index in [4.69, 9.17) is 14.2 Å². The van der Waals surface area contributed by atoms with E-state index in [0.29, 0.717) is 25.1 Å². The molecule has 1 aliphatic heterocycles. The normalized spacial score (nSPS) is 17.8. The predicted octanol–water partition coefficient (Wildman–Crippen LogP) is 4.48. The Balaban J connectivity index is 1.47. The summed E-state index contributed by atoms with van der Waals surface area (Å²) in [6.45, 7) is 6.83. The third-order valence-electron chi connectivity index (χ3n) is 6.20. The molecular formula is C28H34N4O5. The first-order valence-electron chi connectivity index (χ1n) is 12.5. The molecule has 1 aromatic heterocycles. The minimum atomic E-state index is -0.614. The molecule has 0 spiro atoms. The second kappa shape index (κ2) is 11.5. The fourth-order valence-electron chi connectivity index (χ4n) is 4.27. The van der Waals surface area contributed by atoms with Crippen molar-refractivity contribution in [3.63, 3.8) is 0 Å². The SMILES string of the molecule is COc1ccc(CCn2cc([C@@H]3CCN(C(=O)OC(C)(C)C)C[C@H]3OC(=O)c3ccccc3)nn2)cc1. The topological polar surface area (TPSA) is 95.8 Å². The minimum absolute atomic E-state index is 0.193. The Morgan fingerprint density at radius 2 is 1.78 bits per heavy atom. The third kappa shape index (κ3) is 7.09. The van der Waals surface area contributed by atoms with Crippen molar-refractivity contribution in [1.82, 2.24) is 19.9 Å². The van der Waals surface area contributed by atoms with Gasteiger partial charge < -0.3 is 19.1 Å². The second-order valence-corrected chi connectivity index (χ2v) is 10.1. The number of nitrogens with zero attached hydrogens (tertiary/aromatic N) is 4. The van der Waals surface area contributed by atoms with E-state index in [0.717, 1.165) is 23.4 Å². The fraction of sp³-hybridized carbons (Fsp3) is 0.429. The number of rotatable bonds is 7. The first-order chi connectivity index (χ1) is 17.7. The maximum absolute atomic E-state index is 12.9. The smallest absolute Gasteiger partial charge is 0.410 e. The molecule has 3 aromatic rings. The van der Waals surface area contributed by atoms with Gasteiger partial charge in [0.05, 0.1) is 24.9 Å². The van der Waals surface area contributed by atoms with Gasteiger partial charge in [0.15, 0.2) is 0 Å². The molecule has 0 aliphatic carbocycles. The van der Waals surface area contributed by atoms with Crippen molar-refractivity contribution in [3.8, 4) is 5.75 Å². The van der Waals surface area contributed by atoms with Gasteiger partial charge in [0.25, 0.3) is 0 Å². The van der Waals surface area contributed by atoms with E-state index >= 15 is 0 Å². The lowest BCUT2D eigenvalue weighted by atomic mass is 9.91. The fourth-order valence-corrected chi connectivity index (χ4v) is 4.27. The number of piperidine rings is 1. The number of hydrogen-bond acceptors (Lipinski definition) is 7. The molecule has 1 saturated heterocycles. The van der Waals surface area contributed by atoms with Crippen molar-refractivity contribution >= 4 is 12.1 Å². The van der Waals surface area contributed by atoms with Crippen LogP contribution >= 0.6 is 0 Å². The summed E-state index contributed by atoms with van der Waals surface area (Å²) in [5, 5.41) is 8.72. The number of ether oxygens (including phenoxy) is 3. The number of amides is 1. The van der Waals surface area contributed by atoms with Crippen LogP contribution in [-0.2, 0) is 22.4 Å². The van der Waals surface area contributed by atoms with Gasteiger partial charge in [-0.2, -0.15) is 0 Å². The number of benzene rings is 2. The maximum Gasteiger partial charge on any atom is 0.410 e. The summed E-state index contributed by atoms with van der Waals surface area (Å²) in [6, 6.07) is 16.8. The molecule has 1 aliphatic rings. The summed E-state index contributed by atoms with van der Waals surface area (Å²) in [7, 11) is 1.65. The van der Waals surface area contributed by atoms with Crippen LogP contribution in [0.15, 0.2) is 60.8 Å². The van der Waals surface area contributed by atoms with Crippen LogP contribution in [0.2, 0.25) is 0 Å². The van der Waals surface area contributed by atoms with Crippen LogP contribution in [0.1, 0.15) is 54.7 Å². The molecule has 196 valence electrons. The second-order valence-electron chi connectivity index (χ2n) is 10.1. The summed E-state index contributed by atoms with van der Waals surface area (Å²) in [6.07, 6.45) is 2.26. The molecule has 4 rings (SSSR count). The molecule has 0 radical (unpaired) electrons. The zero-order valence-corrected chi connectivity index (χ0v) is 21.8. The minimum Gasteiger partial charge on any atom is -0.497 e. The summed E-state index contributed by atoms with van der Waals surface area (Å²) >= 11 is 0. The number of esters is 1. The average molecular weight is 507 g/mol. The lowest BCUT2D eigenvalue weighted by Crippen LogP contribution is -2.49. The van der Waals surface area contributed by atoms with Crippen molar-refractivity contribution < 1.29 is 23.8 Å². The zero-order chi connectivity index (χ0) is 26.4. The highest BCUT2D eigenvalue weighted by molar-refractivity contribution is 5.89. The molecule has 0 N–H and O–H groups in total. The lowest BCUT2D eigenvalue weighted by molar-refractivity contribution is -0.0186. The van der Waals surface area contributed by atoms with Gasteiger partial charge in [-0.1, -0.05) is 35.5 Å². The Hall–Kier alpha value is -3.88. The van der Waals surface area contributed by atoms with Crippen LogP contribution in [0, 0.1) is 0 Å². The number of aromatic nitrogens is 3. The van der Waals surface area contributed by atoms with Crippen LogP contribution in [0.3, 0.4) is 0 Å². The van der Waals surface area contributed by atoms with E-state index in [1.165, 1.54) is 0 Å². The summed E-state index contributed by atoms with van der Waals surface area (Å²) in [4.78, 5) is 27.2. The first kappa shape index (κ1) is 26.2. The van der Waals surface area contributed by atoms with Crippen molar-refractivity contribution in [2.45, 2.75) is 57.8 Å². The monoisotopic (exact) mass is 506 g/mol. The largest absolute Gasteiger partial charge is 0.497 e. The number of carbonyl (C=O) groups excluding carboxylic acids is 2. The van der Waals surface area contributed by atoms with Crippen LogP contribution in [0.5, 0.6) is 5.75 Å². The van der Waals surface area contributed by atoms with Crippen LogP contribution in [0.25, 0.3) is 0 Å². The van der Waals surface area contributed by atoms with Crippen LogP contribution in [-0.4, -0.2) is 63.9 Å². The molecule has 2 aromatic carbocycles. The number of hydrogen-bond donors (Lipinski definition) is 0. The maximum atomic E-state index is 12.9. The molecule has 9 heteroatoms. The Kier molecular flexibility index (Phi) is 8.11. The van der Waals surface area contributed by atoms with Crippen molar-refractivity contribution in [2.24, 2.45) is 0 Å². The Morgan fingerprint density at radius 1 is 1.05 bits per heavy atom. The van der Waals surface area contributed by atoms with Gasteiger partial charge in [-0.15, -0.1) is 5.10 Å². The third-order valence-corrected chi connectivity index (χ3v) is 6.20. The number of aryl methyl sites for hydroxylation is 2. The standard InChI is InChI=1S/C28H34N4O5/c1-28(2,3)37-27(34)31-16-15-23(25(19-31)36-26(33)21-8-6-5-7-9-21)24-18-32(30-29-24)17-14-20-10-12-22(35-4)13-11-20/h5-13,18,23,25H,14-17,19H2,1-4H3/t23-,25+/m0/s1. The summed E-state index contributed by atoms with van der Waals surface area (Å²) in [5.74, 6) is 0.190. The van der Waals surface area contributed by atoms with Crippen LogP contribution < -0.4 is 4.74 Å². The van der Waals surface area contributed by atoms with Gasteiger partial charge >= 0.3 is 12.1 Å².